The van der Waals surface area contributed by atoms with Crippen LogP contribution >= 0.6 is 0 Å². The van der Waals surface area contributed by atoms with Gasteiger partial charge < -0.3 is 9.84 Å². The second-order valence-corrected chi connectivity index (χ2v) is 6.19. The van der Waals surface area contributed by atoms with Crippen LogP contribution in [0.5, 0.6) is 0 Å². The highest BCUT2D eigenvalue weighted by molar-refractivity contribution is 5.21. The normalized spacial score (nSPS) is 26.9. The van der Waals surface area contributed by atoms with Crippen molar-refractivity contribution < 1.29 is 4.52 Å². The molecule has 1 saturated heterocycles. The van der Waals surface area contributed by atoms with Crippen molar-refractivity contribution in [1.29, 1.82) is 0 Å². The zero-order valence-electron chi connectivity index (χ0n) is 12.1. The Hall–Kier alpha value is -1.65. The van der Waals surface area contributed by atoms with E-state index in [2.05, 4.69) is 45.7 Å². The van der Waals surface area contributed by atoms with Crippen molar-refractivity contribution in [2.75, 3.05) is 13.1 Å². The van der Waals surface area contributed by atoms with E-state index in [9.17, 15) is 0 Å². The molecule has 0 amide bonds. The molecule has 2 fully saturated rings. The number of nitrogens with zero attached hydrogens (tertiary/aromatic N) is 2. The van der Waals surface area contributed by atoms with Gasteiger partial charge in [-0.25, -0.2) is 0 Å². The maximum Gasteiger partial charge on any atom is 0.150 e. The van der Waals surface area contributed by atoms with Crippen molar-refractivity contribution in [3.63, 3.8) is 0 Å². The van der Waals surface area contributed by atoms with Crippen molar-refractivity contribution in [1.82, 2.24) is 15.4 Å². The van der Waals surface area contributed by atoms with Crippen molar-refractivity contribution >= 4 is 0 Å². The second kappa shape index (κ2) is 5.62. The molecule has 1 aliphatic heterocycles. The summed E-state index contributed by atoms with van der Waals surface area (Å²) >= 11 is 0. The molecule has 2 heterocycles. The van der Waals surface area contributed by atoms with Crippen LogP contribution in [0.1, 0.15) is 30.2 Å². The van der Waals surface area contributed by atoms with Crippen LogP contribution in [0.25, 0.3) is 0 Å². The molecular formula is C17H21N3O. The Morgan fingerprint density at radius 2 is 2.05 bits per heavy atom. The van der Waals surface area contributed by atoms with Gasteiger partial charge in [0.2, 0.25) is 0 Å². The molecule has 4 nitrogen and oxygen atoms in total. The van der Waals surface area contributed by atoms with Gasteiger partial charge in [0.1, 0.15) is 0 Å². The first-order valence-corrected chi connectivity index (χ1v) is 7.82. The monoisotopic (exact) mass is 283 g/mol. The zero-order valence-corrected chi connectivity index (χ0v) is 12.1. The smallest absolute Gasteiger partial charge is 0.150 e. The quantitative estimate of drug-likeness (QED) is 0.936. The van der Waals surface area contributed by atoms with E-state index in [-0.39, 0.29) is 0 Å². The number of rotatable bonds is 4. The van der Waals surface area contributed by atoms with Gasteiger partial charge in [0.25, 0.3) is 0 Å². The van der Waals surface area contributed by atoms with Gasteiger partial charge in [-0.15, -0.1) is 0 Å². The molecule has 1 N–H and O–H groups in total. The molecule has 2 unspecified atom stereocenters. The first kappa shape index (κ1) is 13.0. The standard InChI is InChI=1S/C17H21N3O/c1-2-4-14(5-3-1)17-10-18-16(13-6-7-13)12-20(17)11-15-8-9-19-21-15/h1-5,8-9,13,16-18H,6-7,10-12H2. The van der Waals surface area contributed by atoms with E-state index < -0.39 is 0 Å². The molecule has 1 aliphatic carbocycles. The van der Waals surface area contributed by atoms with E-state index in [0.29, 0.717) is 12.1 Å². The molecule has 1 aromatic heterocycles. The Morgan fingerprint density at radius 1 is 1.19 bits per heavy atom. The summed E-state index contributed by atoms with van der Waals surface area (Å²) in [5.74, 6) is 1.83. The molecular weight excluding hydrogens is 262 g/mol. The van der Waals surface area contributed by atoms with Gasteiger partial charge in [0.15, 0.2) is 5.76 Å². The molecule has 2 aliphatic rings. The highest BCUT2D eigenvalue weighted by Crippen LogP contribution is 2.36. The number of aromatic nitrogens is 1. The SMILES string of the molecule is c1ccc(C2CNC(C3CC3)CN2Cc2ccno2)cc1. The van der Waals surface area contributed by atoms with E-state index >= 15 is 0 Å². The summed E-state index contributed by atoms with van der Waals surface area (Å²) in [5.41, 5.74) is 1.37. The van der Waals surface area contributed by atoms with E-state index in [1.165, 1.54) is 18.4 Å². The number of nitrogens with one attached hydrogen (secondary N) is 1. The Labute approximate surface area is 125 Å². The molecule has 4 heteroatoms. The molecule has 1 aromatic carbocycles. The van der Waals surface area contributed by atoms with E-state index in [0.717, 1.165) is 31.3 Å². The average molecular weight is 283 g/mol. The summed E-state index contributed by atoms with van der Waals surface area (Å²) in [6.07, 6.45) is 4.49. The third-order valence-corrected chi connectivity index (χ3v) is 4.67. The van der Waals surface area contributed by atoms with Gasteiger partial charge in [-0.3, -0.25) is 4.90 Å². The molecule has 0 radical (unpaired) electrons. The zero-order chi connectivity index (χ0) is 14.1. The molecule has 21 heavy (non-hydrogen) atoms. The fraction of sp³-hybridized carbons (Fsp3) is 0.471. The highest BCUT2D eigenvalue weighted by atomic mass is 16.5. The maximum atomic E-state index is 5.32. The first-order chi connectivity index (χ1) is 10.4. The third-order valence-electron chi connectivity index (χ3n) is 4.67. The number of hydrogen-bond acceptors (Lipinski definition) is 4. The lowest BCUT2D eigenvalue weighted by Crippen LogP contribution is -2.52. The minimum atomic E-state index is 0.409. The molecule has 2 atom stereocenters. The molecule has 110 valence electrons. The van der Waals surface area contributed by atoms with E-state index in [4.69, 9.17) is 4.52 Å². The molecule has 4 rings (SSSR count). The Morgan fingerprint density at radius 3 is 2.76 bits per heavy atom. The van der Waals surface area contributed by atoms with Gasteiger partial charge >= 0.3 is 0 Å². The van der Waals surface area contributed by atoms with Crippen molar-refractivity contribution in [2.24, 2.45) is 5.92 Å². The fourth-order valence-electron chi connectivity index (χ4n) is 3.35. The number of benzene rings is 1. The van der Waals surface area contributed by atoms with E-state index in [1.54, 1.807) is 6.20 Å². The topological polar surface area (TPSA) is 41.3 Å². The summed E-state index contributed by atoms with van der Waals surface area (Å²) in [6, 6.07) is 13.8. The molecule has 2 aromatic rings. The summed E-state index contributed by atoms with van der Waals surface area (Å²) in [6.45, 7) is 2.94. The van der Waals surface area contributed by atoms with Crippen LogP contribution in [0.2, 0.25) is 0 Å². The maximum absolute atomic E-state index is 5.32. The Kier molecular flexibility index (Phi) is 3.49. The van der Waals surface area contributed by atoms with Crippen LogP contribution in [-0.2, 0) is 6.54 Å². The Balaban J connectivity index is 1.55. The molecule has 0 bridgehead atoms. The predicted octanol–water partition coefficient (Wildman–Crippen LogP) is 2.60. The Bertz CT molecular complexity index is 565. The first-order valence-electron chi connectivity index (χ1n) is 7.82. The fourth-order valence-corrected chi connectivity index (χ4v) is 3.35. The van der Waals surface area contributed by atoms with Gasteiger partial charge in [-0.2, -0.15) is 0 Å². The van der Waals surface area contributed by atoms with Crippen LogP contribution in [0, 0.1) is 5.92 Å². The lowest BCUT2D eigenvalue weighted by Gasteiger charge is -2.40. The van der Waals surface area contributed by atoms with E-state index in [1.807, 2.05) is 6.07 Å². The van der Waals surface area contributed by atoms with Crippen LogP contribution in [0.4, 0.5) is 0 Å². The summed E-state index contributed by atoms with van der Waals surface area (Å²) in [4.78, 5) is 2.54. The van der Waals surface area contributed by atoms with Gasteiger partial charge in [0.05, 0.1) is 12.7 Å². The van der Waals surface area contributed by atoms with Crippen LogP contribution < -0.4 is 5.32 Å². The van der Waals surface area contributed by atoms with Crippen LogP contribution in [0.3, 0.4) is 0 Å². The van der Waals surface area contributed by atoms with Crippen LogP contribution in [0.15, 0.2) is 47.1 Å². The lowest BCUT2D eigenvalue weighted by molar-refractivity contribution is 0.103. The third kappa shape index (κ3) is 2.87. The number of hydrogen-bond donors (Lipinski definition) is 1. The second-order valence-electron chi connectivity index (χ2n) is 6.19. The van der Waals surface area contributed by atoms with Gasteiger partial charge in [-0.1, -0.05) is 35.5 Å². The van der Waals surface area contributed by atoms with Crippen molar-refractivity contribution in [2.45, 2.75) is 31.5 Å². The predicted molar refractivity (Wildman–Crippen MR) is 80.6 cm³/mol. The lowest BCUT2D eigenvalue weighted by atomic mass is 9.99. The minimum Gasteiger partial charge on any atom is -0.360 e. The largest absolute Gasteiger partial charge is 0.360 e. The van der Waals surface area contributed by atoms with Crippen molar-refractivity contribution in [3.8, 4) is 0 Å². The summed E-state index contributed by atoms with van der Waals surface area (Å²) < 4.78 is 5.32. The summed E-state index contributed by atoms with van der Waals surface area (Å²) in [5, 5.41) is 7.59. The van der Waals surface area contributed by atoms with Crippen LogP contribution in [-0.4, -0.2) is 29.2 Å². The molecule has 1 saturated carbocycles. The minimum absolute atomic E-state index is 0.409. The molecule has 0 spiro atoms. The van der Waals surface area contributed by atoms with Crippen molar-refractivity contribution in [3.05, 3.63) is 53.9 Å². The summed E-state index contributed by atoms with van der Waals surface area (Å²) in [7, 11) is 0. The highest BCUT2D eigenvalue weighted by Gasteiger charge is 2.37. The number of piperazine rings is 1. The van der Waals surface area contributed by atoms with Gasteiger partial charge in [-0.05, 0) is 24.3 Å². The average Bonchev–Trinajstić information content (AvgIpc) is 3.26. The van der Waals surface area contributed by atoms with Gasteiger partial charge in [0, 0.05) is 31.2 Å².